The molecule has 0 amide bonds. The molecule has 0 aliphatic carbocycles. The van der Waals surface area contributed by atoms with Crippen LogP contribution in [0.25, 0.3) is 0 Å². The quantitative estimate of drug-likeness (QED) is 0.868. The topological polar surface area (TPSA) is 41.9 Å². The predicted octanol–water partition coefficient (Wildman–Crippen LogP) is 2.79. The number of hydrogen-bond donors (Lipinski definition) is 0. The van der Waals surface area contributed by atoms with Crippen LogP contribution in [0.4, 0.5) is 0 Å². The van der Waals surface area contributed by atoms with Crippen LogP contribution < -0.4 is 0 Å². The zero-order valence-electron chi connectivity index (χ0n) is 13.0. The number of nitrogens with zero attached hydrogens (tertiary/aromatic N) is 4. The third-order valence-electron chi connectivity index (χ3n) is 3.97. The molecule has 3 heterocycles. The summed E-state index contributed by atoms with van der Waals surface area (Å²) in [4.78, 5) is 16.3. The predicted molar refractivity (Wildman–Crippen MR) is 83.1 cm³/mol. The molecule has 110 valence electrons. The van der Waals surface area contributed by atoms with Gasteiger partial charge in [0.2, 0.25) is 0 Å². The Morgan fingerprint density at radius 2 is 1.81 bits per heavy atom. The third-order valence-corrected chi connectivity index (χ3v) is 3.97. The lowest BCUT2D eigenvalue weighted by Gasteiger charge is -2.15. The summed E-state index contributed by atoms with van der Waals surface area (Å²) < 4.78 is 0. The standard InChI is InChI=1S/C17H22N4/c1-12-5-4-6-16(18-12)11-21-8-7-15(10-21)17-19-13(2)9-14(3)20-17/h4-6,9,15H,7-8,10-11H2,1-3H3. The Kier molecular flexibility index (Phi) is 3.97. The van der Waals surface area contributed by atoms with Crippen LogP contribution in [-0.2, 0) is 6.54 Å². The van der Waals surface area contributed by atoms with Crippen molar-refractivity contribution in [1.29, 1.82) is 0 Å². The molecule has 2 aromatic heterocycles. The molecule has 3 rings (SSSR count). The fourth-order valence-corrected chi connectivity index (χ4v) is 3.04. The maximum atomic E-state index is 4.62. The van der Waals surface area contributed by atoms with Gasteiger partial charge in [0.15, 0.2) is 0 Å². The van der Waals surface area contributed by atoms with Gasteiger partial charge in [0.25, 0.3) is 0 Å². The molecule has 0 bridgehead atoms. The van der Waals surface area contributed by atoms with Crippen LogP contribution in [0.1, 0.15) is 40.9 Å². The second kappa shape index (κ2) is 5.90. The maximum absolute atomic E-state index is 4.62. The van der Waals surface area contributed by atoms with Gasteiger partial charge in [-0.25, -0.2) is 9.97 Å². The van der Waals surface area contributed by atoms with Crippen molar-refractivity contribution in [2.75, 3.05) is 13.1 Å². The van der Waals surface area contributed by atoms with E-state index in [4.69, 9.17) is 0 Å². The van der Waals surface area contributed by atoms with E-state index in [1.165, 1.54) is 0 Å². The van der Waals surface area contributed by atoms with Gasteiger partial charge in [-0.05, 0) is 51.9 Å². The SMILES string of the molecule is Cc1cccc(CN2CCC(c3nc(C)cc(C)n3)C2)n1. The molecule has 1 fully saturated rings. The molecule has 1 aliphatic heterocycles. The van der Waals surface area contributed by atoms with Crippen molar-refractivity contribution in [3.8, 4) is 0 Å². The molecule has 0 N–H and O–H groups in total. The van der Waals surface area contributed by atoms with E-state index in [0.29, 0.717) is 5.92 Å². The molecule has 1 aliphatic rings. The van der Waals surface area contributed by atoms with Crippen LogP contribution in [-0.4, -0.2) is 32.9 Å². The van der Waals surface area contributed by atoms with Crippen LogP contribution in [0.3, 0.4) is 0 Å². The van der Waals surface area contributed by atoms with E-state index in [1.807, 2.05) is 32.9 Å². The van der Waals surface area contributed by atoms with E-state index < -0.39 is 0 Å². The summed E-state index contributed by atoms with van der Waals surface area (Å²) in [6, 6.07) is 8.26. The molecule has 0 spiro atoms. The maximum Gasteiger partial charge on any atom is 0.133 e. The van der Waals surface area contributed by atoms with Crippen LogP contribution in [0.5, 0.6) is 0 Å². The minimum atomic E-state index is 0.452. The van der Waals surface area contributed by atoms with Gasteiger partial charge in [-0.15, -0.1) is 0 Å². The second-order valence-corrected chi connectivity index (χ2v) is 6.00. The highest BCUT2D eigenvalue weighted by molar-refractivity contribution is 5.13. The molecular formula is C17H22N4. The van der Waals surface area contributed by atoms with Gasteiger partial charge < -0.3 is 0 Å². The minimum Gasteiger partial charge on any atom is -0.297 e. The van der Waals surface area contributed by atoms with Crippen molar-refractivity contribution in [3.63, 3.8) is 0 Å². The minimum absolute atomic E-state index is 0.452. The Labute approximate surface area is 126 Å². The van der Waals surface area contributed by atoms with Crippen molar-refractivity contribution < 1.29 is 0 Å². The van der Waals surface area contributed by atoms with E-state index in [-0.39, 0.29) is 0 Å². The van der Waals surface area contributed by atoms with Gasteiger partial charge in [0.05, 0.1) is 5.69 Å². The van der Waals surface area contributed by atoms with Gasteiger partial charge in [-0.1, -0.05) is 6.07 Å². The average molecular weight is 282 g/mol. The van der Waals surface area contributed by atoms with E-state index >= 15 is 0 Å². The first kappa shape index (κ1) is 14.1. The highest BCUT2D eigenvalue weighted by Crippen LogP contribution is 2.26. The van der Waals surface area contributed by atoms with Crippen molar-refractivity contribution in [2.45, 2.75) is 39.7 Å². The number of aryl methyl sites for hydroxylation is 3. The molecule has 0 aromatic carbocycles. The number of likely N-dealkylation sites (tertiary alicyclic amines) is 1. The van der Waals surface area contributed by atoms with E-state index in [1.54, 1.807) is 0 Å². The first-order valence-electron chi connectivity index (χ1n) is 7.57. The molecule has 1 saturated heterocycles. The molecule has 1 atom stereocenters. The second-order valence-electron chi connectivity index (χ2n) is 6.00. The van der Waals surface area contributed by atoms with E-state index in [0.717, 1.165) is 54.7 Å². The zero-order chi connectivity index (χ0) is 14.8. The monoisotopic (exact) mass is 282 g/mol. The lowest BCUT2D eigenvalue weighted by Crippen LogP contribution is -2.21. The Morgan fingerprint density at radius 1 is 1.05 bits per heavy atom. The van der Waals surface area contributed by atoms with E-state index in [9.17, 15) is 0 Å². The molecule has 4 nitrogen and oxygen atoms in total. The smallest absolute Gasteiger partial charge is 0.133 e. The Balaban J connectivity index is 1.68. The summed E-state index contributed by atoms with van der Waals surface area (Å²) in [5, 5.41) is 0. The third kappa shape index (κ3) is 3.45. The first-order chi connectivity index (χ1) is 10.1. The van der Waals surface area contributed by atoms with Crippen LogP contribution in [0.2, 0.25) is 0 Å². The highest BCUT2D eigenvalue weighted by Gasteiger charge is 2.26. The van der Waals surface area contributed by atoms with Crippen LogP contribution in [0, 0.1) is 20.8 Å². The first-order valence-corrected chi connectivity index (χ1v) is 7.57. The fraction of sp³-hybridized carbons (Fsp3) is 0.471. The van der Waals surface area contributed by atoms with Crippen molar-refractivity contribution >= 4 is 0 Å². The lowest BCUT2D eigenvalue weighted by molar-refractivity contribution is 0.321. The lowest BCUT2D eigenvalue weighted by atomic mass is 10.1. The summed E-state index contributed by atoms with van der Waals surface area (Å²) in [7, 11) is 0. The van der Waals surface area contributed by atoms with Gasteiger partial charge in [0.1, 0.15) is 5.82 Å². The average Bonchev–Trinajstić information content (AvgIpc) is 2.86. The number of pyridine rings is 1. The molecular weight excluding hydrogens is 260 g/mol. The summed E-state index contributed by atoms with van der Waals surface area (Å²) in [6.07, 6.45) is 1.13. The summed E-state index contributed by atoms with van der Waals surface area (Å²) in [6.45, 7) is 9.17. The van der Waals surface area contributed by atoms with Crippen molar-refractivity contribution in [1.82, 2.24) is 19.9 Å². The fourth-order valence-electron chi connectivity index (χ4n) is 3.04. The molecule has 4 heteroatoms. The van der Waals surface area contributed by atoms with Crippen molar-refractivity contribution in [2.24, 2.45) is 0 Å². The summed E-state index contributed by atoms with van der Waals surface area (Å²) in [5.41, 5.74) is 4.37. The Morgan fingerprint density at radius 3 is 2.52 bits per heavy atom. The van der Waals surface area contributed by atoms with Gasteiger partial charge in [-0.2, -0.15) is 0 Å². The Hall–Kier alpha value is -1.81. The molecule has 2 aromatic rings. The Bertz CT molecular complexity index is 618. The normalized spacial score (nSPS) is 19.1. The van der Waals surface area contributed by atoms with Crippen LogP contribution >= 0.6 is 0 Å². The molecule has 21 heavy (non-hydrogen) atoms. The zero-order valence-corrected chi connectivity index (χ0v) is 13.0. The van der Waals surface area contributed by atoms with Gasteiger partial charge in [0, 0.05) is 36.1 Å². The summed E-state index contributed by atoms with van der Waals surface area (Å²) >= 11 is 0. The molecule has 1 unspecified atom stereocenters. The molecule has 0 saturated carbocycles. The number of aromatic nitrogens is 3. The van der Waals surface area contributed by atoms with Gasteiger partial charge >= 0.3 is 0 Å². The highest BCUT2D eigenvalue weighted by atomic mass is 15.2. The van der Waals surface area contributed by atoms with E-state index in [2.05, 4.69) is 32.0 Å². The number of hydrogen-bond acceptors (Lipinski definition) is 4. The number of rotatable bonds is 3. The molecule has 0 radical (unpaired) electrons. The largest absolute Gasteiger partial charge is 0.297 e. The summed E-state index contributed by atoms with van der Waals surface area (Å²) in [5.74, 6) is 1.46. The van der Waals surface area contributed by atoms with Gasteiger partial charge in [-0.3, -0.25) is 9.88 Å². The van der Waals surface area contributed by atoms with Crippen LogP contribution in [0.15, 0.2) is 24.3 Å². The van der Waals surface area contributed by atoms with Crippen molar-refractivity contribution in [3.05, 3.63) is 52.9 Å².